The Balaban J connectivity index is 2.99. The van der Waals surface area contributed by atoms with Crippen molar-refractivity contribution < 1.29 is 18.9 Å². The molecule has 1 N–H and O–H groups in total. The van der Waals surface area contributed by atoms with Gasteiger partial charge >= 0.3 is 0 Å². The molecule has 0 aromatic carbocycles. The van der Waals surface area contributed by atoms with Gasteiger partial charge in [-0.2, -0.15) is 0 Å². The van der Waals surface area contributed by atoms with Gasteiger partial charge in [-0.15, -0.1) is 0 Å². The molecule has 0 heterocycles. The van der Waals surface area contributed by atoms with Crippen molar-refractivity contribution in [2.45, 2.75) is 26.3 Å². The van der Waals surface area contributed by atoms with Crippen LogP contribution in [-0.2, 0) is 18.9 Å². The van der Waals surface area contributed by atoms with Gasteiger partial charge in [-0.25, -0.2) is 0 Å². The van der Waals surface area contributed by atoms with Crippen molar-refractivity contribution in [3.05, 3.63) is 0 Å². The summed E-state index contributed by atoms with van der Waals surface area (Å²) in [4.78, 5) is 0. The summed E-state index contributed by atoms with van der Waals surface area (Å²) in [6.07, 6.45) is 0. The molecule has 0 fully saturated rings. The zero-order chi connectivity index (χ0) is 13.7. The first-order valence-corrected chi connectivity index (χ1v) is 6.53. The molecule has 0 aliphatic heterocycles. The molecule has 110 valence electrons. The highest BCUT2D eigenvalue weighted by Crippen LogP contribution is 1.96. The summed E-state index contributed by atoms with van der Waals surface area (Å²) in [5.74, 6) is 0. The molecule has 0 saturated heterocycles. The Bertz CT molecular complexity index is 171. The van der Waals surface area contributed by atoms with Gasteiger partial charge in [0.15, 0.2) is 0 Å². The maximum atomic E-state index is 5.43. The molecule has 5 nitrogen and oxygen atoms in total. The van der Waals surface area contributed by atoms with E-state index in [9.17, 15) is 0 Å². The molecule has 5 heteroatoms. The van der Waals surface area contributed by atoms with Gasteiger partial charge in [0.05, 0.1) is 46.2 Å². The number of hydrogen-bond donors (Lipinski definition) is 1. The zero-order valence-corrected chi connectivity index (χ0v) is 12.3. The minimum absolute atomic E-state index is 0.152. The Morgan fingerprint density at radius 1 is 0.722 bits per heavy atom. The van der Waals surface area contributed by atoms with Crippen LogP contribution in [0.1, 0.15) is 20.8 Å². The van der Waals surface area contributed by atoms with E-state index < -0.39 is 0 Å². The quantitative estimate of drug-likeness (QED) is 0.534. The molecular weight excluding hydrogens is 234 g/mol. The molecule has 0 amide bonds. The molecule has 0 bridgehead atoms. The number of nitrogens with one attached hydrogen (secondary N) is 1. The molecular formula is C13H29NO4. The molecule has 0 unspecified atom stereocenters. The lowest BCUT2D eigenvalue weighted by molar-refractivity contribution is 0.00372. The van der Waals surface area contributed by atoms with Crippen LogP contribution >= 0.6 is 0 Å². The summed E-state index contributed by atoms with van der Waals surface area (Å²) in [6.45, 7) is 11.7. The van der Waals surface area contributed by atoms with Crippen molar-refractivity contribution >= 4 is 0 Å². The number of methoxy groups -OCH3 is 1. The van der Waals surface area contributed by atoms with E-state index in [1.54, 1.807) is 7.11 Å². The fraction of sp³-hybridized carbons (Fsp3) is 1.00. The van der Waals surface area contributed by atoms with Crippen LogP contribution in [0.3, 0.4) is 0 Å². The molecule has 0 saturated carbocycles. The summed E-state index contributed by atoms with van der Waals surface area (Å²) in [7, 11) is 1.66. The second-order valence-corrected chi connectivity index (χ2v) is 5.01. The molecule has 0 aromatic rings. The van der Waals surface area contributed by atoms with E-state index in [1.807, 2.05) is 0 Å². The SMILES string of the molecule is COCCOCCOCCOCCNC(C)(C)C. The van der Waals surface area contributed by atoms with Crippen LogP contribution in [0.15, 0.2) is 0 Å². The summed E-state index contributed by atoms with van der Waals surface area (Å²) in [5.41, 5.74) is 0.152. The third-order valence-electron chi connectivity index (χ3n) is 2.08. The Kier molecular flexibility index (Phi) is 11.7. The van der Waals surface area contributed by atoms with Gasteiger partial charge in [0.25, 0.3) is 0 Å². The van der Waals surface area contributed by atoms with E-state index in [2.05, 4.69) is 26.1 Å². The van der Waals surface area contributed by atoms with Gasteiger partial charge in [-0.05, 0) is 20.8 Å². The molecule has 0 aromatic heterocycles. The summed E-state index contributed by atoms with van der Waals surface area (Å²) >= 11 is 0. The normalized spacial score (nSPS) is 12.0. The lowest BCUT2D eigenvalue weighted by Gasteiger charge is -2.20. The van der Waals surface area contributed by atoms with Crippen LogP contribution < -0.4 is 5.32 Å². The first kappa shape index (κ1) is 17.8. The highest BCUT2D eigenvalue weighted by Gasteiger charge is 2.06. The lowest BCUT2D eigenvalue weighted by atomic mass is 10.1. The molecule has 0 atom stereocenters. The van der Waals surface area contributed by atoms with Crippen molar-refractivity contribution in [2.75, 3.05) is 59.9 Å². The van der Waals surface area contributed by atoms with Gasteiger partial charge in [0, 0.05) is 19.2 Å². The molecule has 0 aliphatic carbocycles. The molecule has 0 aliphatic rings. The lowest BCUT2D eigenvalue weighted by Crippen LogP contribution is -2.38. The van der Waals surface area contributed by atoms with Gasteiger partial charge < -0.3 is 24.3 Å². The van der Waals surface area contributed by atoms with E-state index in [0.29, 0.717) is 46.2 Å². The van der Waals surface area contributed by atoms with Crippen molar-refractivity contribution in [2.24, 2.45) is 0 Å². The Morgan fingerprint density at radius 2 is 1.17 bits per heavy atom. The largest absolute Gasteiger partial charge is 0.382 e. The Morgan fingerprint density at radius 3 is 1.61 bits per heavy atom. The van der Waals surface area contributed by atoms with Crippen molar-refractivity contribution in [1.29, 1.82) is 0 Å². The van der Waals surface area contributed by atoms with Gasteiger partial charge in [0.2, 0.25) is 0 Å². The second kappa shape index (κ2) is 11.9. The van der Waals surface area contributed by atoms with E-state index in [1.165, 1.54) is 0 Å². The minimum atomic E-state index is 0.152. The fourth-order valence-electron chi connectivity index (χ4n) is 1.18. The summed E-state index contributed by atoms with van der Waals surface area (Å²) in [5, 5.41) is 3.35. The van der Waals surface area contributed by atoms with Crippen molar-refractivity contribution in [3.63, 3.8) is 0 Å². The second-order valence-electron chi connectivity index (χ2n) is 5.01. The van der Waals surface area contributed by atoms with Gasteiger partial charge in [0.1, 0.15) is 0 Å². The summed E-state index contributed by atoms with van der Waals surface area (Å²) < 4.78 is 20.9. The Hall–Kier alpha value is -0.200. The van der Waals surface area contributed by atoms with E-state index >= 15 is 0 Å². The molecule has 0 radical (unpaired) electrons. The average molecular weight is 263 g/mol. The van der Waals surface area contributed by atoms with Crippen molar-refractivity contribution in [3.8, 4) is 0 Å². The summed E-state index contributed by atoms with van der Waals surface area (Å²) in [6, 6.07) is 0. The highest BCUT2D eigenvalue weighted by molar-refractivity contribution is 4.69. The van der Waals surface area contributed by atoms with Gasteiger partial charge in [-0.1, -0.05) is 0 Å². The maximum Gasteiger partial charge on any atom is 0.0701 e. The van der Waals surface area contributed by atoms with Crippen LogP contribution in [0, 0.1) is 0 Å². The van der Waals surface area contributed by atoms with Crippen molar-refractivity contribution in [1.82, 2.24) is 5.32 Å². The Labute approximate surface area is 111 Å². The number of rotatable bonds is 12. The van der Waals surface area contributed by atoms with Crippen LogP contribution in [-0.4, -0.2) is 65.4 Å². The van der Waals surface area contributed by atoms with E-state index in [4.69, 9.17) is 18.9 Å². The van der Waals surface area contributed by atoms with Crippen LogP contribution in [0.25, 0.3) is 0 Å². The average Bonchev–Trinajstić information content (AvgIpc) is 2.29. The predicted molar refractivity (Wildman–Crippen MR) is 72.1 cm³/mol. The third-order valence-corrected chi connectivity index (χ3v) is 2.08. The monoisotopic (exact) mass is 263 g/mol. The van der Waals surface area contributed by atoms with E-state index in [-0.39, 0.29) is 5.54 Å². The van der Waals surface area contributed by atoms with Crippen LogP contribution in [0.5, 0.6) is 0 Å². The smallest absolute Gasteiger partial charge is 0.0701 e. The molecule has 0 rings (SSSR count). The zero-order valence-electron chi connectivity index (χ0n) is 12.3. The van der Waals surface area contributed by atoms with E-state index in [0.717, 1.165) is 6.54 Å². The number of ether oxygens (including phenoxy) is 4. The van der Waals surface area contributed by atoms with Gasteiger partial charge in [-0.3, -0.25) is 0 Å². The first-order valence-electron chi connectivity index (χ1n) is 6.53. The predicted octanol–water partition coefficient (Wildman–Crippen LogP) is 1.07. The standard InChI is InChI=1S/C13H29NO4/c1-13(2,3)14-5-6-16-9-10-18-12-11-17-8-7-15-4/h14H,5-12H2,1-4H3. The first-order chi connectivity index (χ1) is 8.56. The highest BCUT2D eigenvalue weighted by atomic mass is 16.6. The molecule has 0 spiro atoms. The minimum Gasteiger partial charge on any atom is -0.382 e. The van der Waals surface area contributed by atoms with Crippen LogP contribution in [0.2, 0.25) is 0 Å². The topological polar surface area (TPSA) is 49.0 Å². The number of hydrogen-bond acceptors (Lipinski definition) is 5. The van der Waals surface area contributed by atoms with Crippen LogP contribution in [0.4, 0.5) is 0 Å². The maximum absolute atomic E-state index is 5.43. The fourth-order valence-corrected chi connectivity index (χ4v) is 1.18. The molecule has 18 heavy (non-hydrogen) atoms. The third kappa shape index (κ3) is 15.8.